The van der Waals surface area contributed by atoms with Gasteiger partial charge in [-0.2, -0.15) is 0 Å². The lowest BCUT2D eigenvalue weighted by Crippen LogP contribution is -2.02. The summed E-state index contributed by atoms with van der Waals surface area (Å²) < 4.78 is 18.2. The van der Waals surface area contributed by atoms with Gasteiger partial charge in [0.1, 0.15) is 5.04 Å². The van der Waals surface area contributed by atoms with Crippen LogP contribution in [0.2, 0.25) is 0 Å². The van der Waals surface area contributed by atoms with Crippen molar-refractivity contribution < 1.29 is 8.76 Å². The van der Waals surface area contributed by atoms with Crippen LogP contribution in [0.5, 0.6) is 0 Å². The standard InChI is InChI=1S/C4H9NO2S/c1-2-3-4(5)8(6)7/h5H,2-3H2,1H3,(H,6,7). The molecule has 0 bridgehead atoms. The SMILES string of the molecule is CCCC(=N)S(=O)O. The summed E-state index contributed by atoms with van der Waals surface area (Å²) in [6.07, 6.45) is 1.17. The average molecular weight is 135 g/mol. The number of hydrogen-bond acceptors (Lipinski definition) is 2. The fraction of sp³-hybridized carbons (Fsp3) is 0.750. The van der Waals surface area contributed by atoms with Crippen molar-refractivity contribution >= 4 is 16.1 Å². The molecule has 0 saturated carbocycles. The van der Waals surface area contributed by atoms with Gasteiger partial charge < -0.3 is 4.55 Å². The number of hydrogen-bond donors (Lipinski definition) is 2. The molecule has 0 aliphatic rings. The molecule has 1 unspecified atom stereocenters. The third-order valence-electron chi connectivity index (χ3n) is 0.688. The maximum absolute atomic E-state index is 9.98. The van der Waals surface area contributed by atoms with Gasteiger partial charge >= 0.3 is 0 Å². The molecular weight excluding hydrogens is 126 g/mol. The van der Waals surface area contributed by atoms with E-state index < -0.39 is 11.1 Å². The summed E-state index contributed by atoms with van der Waals surface area (Å²) in [6.45, 7) is 1.86. The molecule has 1 atom stereocenters. The Kier molecular flexibility index (Phi) is 3.64. The van der Waals surface area contributed by atoms with Crippen molar-refractivity contribution in [3.05, 3.63) is 0 Å². The largest absolute Gasteiger partial charge is 0.301 e. The van der Waals surface area contributed by atoms with Gasteiger partial charge in [0.25, 0.3) is 0 Å². The van der Waals surface area contributed by atoms with Crippen LogP contribution in [0, 0.1) is 5.41 Å². The highest BCUT2D eigenvalue weighted by atomic mass is 32.2. The molecule has 4 heteroatoms. The third-order valence-corrected chi connectivity index (χ3v) is 1.31. The fourth-order valence-electron chi connectivity index (χ4n) is 0.314. The van der Waals surface area contributed by atoms with Gasteiger partial charge in [-0.15, -0.1) is 0 Å². The Balaban J connectivity index is 3.49. The average Bonchev–Trinajstić information content (AvgIpc) is 1.67. The molecule has 0 heterocycles. The maximum atomic E-state index is 9.98. The normalized spacial score (nSPS) is 13.2. The molecule has 0 aromatic carbocycles. The van der Waals surface area contributed by atoms with E-state index in [1.165, 1.54) is 0 Å². The molecule has 0 fully saturated rings. The molecule has 0 amide bonds. The molecular formula is C4H9NO2S. The van der Waals surface area contributed by atoms with Crippen LogP contribution in [0.3, 0.4) is 0 Å². The van der Waals surface area contributed by atoms with Crippen LogP contribution in [0.15, 0.2) is 0 Å². The van der Waals surface area contributed by atoms with Crippen LogP contribution >= 0.6 is 0 Å². The second-order valence-corrected chi connectivity index (χ2v) is 2.41. The van der Waals surface area contributed by atoms with Crippen LogP contribution in [-0.4, -0.2) is 13.8 Å². The molecule has 48 valence electrons. The Labute approximate surface area is 50.9 Å². The van der Waals surface area contributed by atoms with Gasteiger partial charge in [-0.05, 0) is 12.8 Å². The Bertz CT molecular complexity index is 113. The predicted octanol–water partition coefficient (Wildman–Crippen LogP) is 0.985. The molecule has 0 radical (unpaired) electrons. The summed E-state index contributed by atoms with van der Waals surface area (Å²) in [5, 5.41) is 6.70. The number of nitrogens with one attached hydrogen (secondary N) is 1. The van der Waals surface area contributed by atoms with E-state index >= 15 is 0 Å². The molecule has 0 aliphatic carbocycles. The first-order valence-corrected chi connectivity index (χ1v) is 3.47. The van der Waals surface area contributed by atoms with E-state index in [-0.39, 0.29) is 5.04 Å². The molecule has 0 rings (SSSR count). The summed E-state index contributed by atoms with van der Waals surface area (Å²) in [4.78, 5) is 0. The molecule has 0 spiro atoms. The van der Waals surface area contributed by atoms with Crippen LogP contribution < -0.4 is 0 Å². The van der Waals surface area contributed by atoms with E-state index in [2.05, 4.69) is 0 Å². The number of rotatable bonds is 2. The van der Waals surface area contributed by atoms with Crippen molar-refractivity contribution in [3.63, 3.8) is 0 Å². The van der Waals surface area contributed by atoms with Crippen LogP contribution in [0.25, 0.3) is 0 Å². The zero-order chi connectivity index (χ0) is 6.57. The molecule has 0 aromatic rings. The minimum absolute atomic E-state index is 0.0903. The Morgan fingerprint density at radius 1 is 1.88 bits per heavy atom. The second kappa shape index (κ2) is 3.74. The first-order valence-electron chi connectivity index (χ1n) is 2.36. The predicted molar refractivity (Wildman–Crippen MR) is 33.4 cm³/mol. The van der Waals surface area contributed by atoms with Gasteiger partial charge in [0, 0.05) is 0 Å². The highest BCUT2D eigenvalue weighted by molar-refractivity contribution is 7.95. The minimum atomic E-state index is -2.03. The van der Waals surface area contributed by atoms with E-state index in [1.807, 2.05) is 6.92 Å². The molecule has 8 heavy (non-hydrogen) atoms. The zero-order valence-corrected chi connectivity index (χ0v) is 5.49. The zero-order valence-electron chi connectivity index (χ0n) is 4.68. The van der Waals surface area contributed by atoms with E-state index in [0.29, 0.717) is 6.42 Å². The first kappa shape index (κ1) is 7.78. The van der Waals surface area contributed by atoms with Crippen molar-refractivity contribution in [2.24, 2.45) is 0 Å². The third kappa shape index (κ3) is 2.87. The monoisotopic (exact) mass is 135 g/mol. The van der Waals surface area contributed by atoms with Gasteiger partial charge in [0.15, 0.2) is 0 Å². The van der Waals surface area contributed by atoms with Gasteiger partial charge in [0.2, 0.25) is 11.1 Å². The lowest BCUT2D eigenvalue weighted by molar-refractivity contribution is 0.576. The Morgan fingerprint density at radius 3 is 2.50 bits per heavy atom. The van der Waals surface area contributed by atoms with Crippen molar-refractivity contribution in [2.75, 3.05) is 0 Å². The lowest BCUT2D eigenvalue weighted by Gasteiger charge is -1.90. The highest BCUT2D eigenvalue weighted by Gasteiger charge is 1.99. The topological polar surface area (TPSA) is 61.2 Å². The quantitative estimate of drug-likeness (QED) is 0.337. The second-order valence-electron chi connectivity index (χ2n) is 1.42. The van der Waals surface area contributed by atoms with Gasteiger partial charge in [0.05, 0.1) is 0 Å². The van der Waals surface area contributed by atoms with Gasteiger partial charge in [-0.1, -0.05) is 6.92 Å². The van der Waals surface area contributed by atoms with Gasteiger partial charge in [-0.3, -0.25) is 5.41 Å². The summed E-state index contributed by atoms with van der Waals surface area (Å²) >= 11 is -2.03. The molecule has 0 aliphatic heterocycles. The lowest BCUT2D eigenvalue weighted by atomic mass is 10.4. The summed E-state index contributed by atoms with van der Waals surface area (Å²) in [5.74, 6) is 0. The Hall–Kier alpha value is -0.220. The fourth-order valence-corrected chi connectivity index (χ4v) is 0.693. The van der Waals surface area contributed by atoms with Crippen molar-refractivity contribution in [2.45, 2.75) is 19.8 Å². The smallest absolute Gasteiger partial charge is 0.200 e. The van der Waals surface area contributed by atoms with Gasteiger partial charge in [-0.25, -0.2) is 4.21 Å². The minimum Gasteiger partial charge on any atom is -0.301 e. The Morgan fingerprint density at radius 2 is 2.38 bits per heavy atom. The van der Waals surface area contributed by atoms with Crippen LogP contribution in [-0.2, 0) is 11.1 Å². The van der Waals surface area contributed by atoms with E-state index in [4.69, 9.17) is 9.96 Å². The van der Waals surface area contributed by atoms with Crippen molar-refractivity contribution in [3.8, 4) is 0 Å². The summed E-state index contributed by atoms with van der Waals surface area (Å²) in [7, 11) is 0. The molecule has 0 aromatic heterocycles. The van der Waals surface area contributed by atoms with Crippen LogP contribution in [0.4, 0.5) is 0 Å². The van der Waals surface area contributed by atoms with Crippen LogP contribution in [0.1, 0.15) is 19.8 Å². The first-order chi connectivity index (χ1) is 3.68. The van der Waals surface area contributed by atoms with E-state index in [9.17, 15) is 4.21 Å². The summed E-state index contributed by atoms with van der Waals surface area (Å²) in [5.41, 5.74) is 0. The van der Waals surface area contributed by atoms with E-state index in [0.717, 1.165) is 6.42 Å². The maximum Gasteiger partial charge on any atom is 0.200 e. The summed E-state index contributed by atoms with van der Waals surface area (Å²) in [6, 6.07) is 0. The molecule has 2 N–H and O–H groups in total. The highest BCUT2D eigenvalue weighted by Crippen LogP contribution is 1.91. The molecule has 0 saturated heterocycles. The van der Waals surface area contributed by atoms with E-state index in [1.54, 1.807) is 0 Å². The van der Waals surface area contributed by atoms with Crippen molar-refractivity contribution in [1.82, 2.24) is 0 Å². The molecule has 3 nitrogen and oxygen atoms in total. The van der Waals surface area contributed by atoms with Crippen molar-refractivity contribution in [1.29, 1.82) is 5.41 Å².